The largest absolute Gasteiger partial charge is 0.333 e. The molecule has 1 atom stereocenters. The van der Waals surface area contributed by atoms with Crippen molar-refractivity contribution < 1.29 is 10.0 Å². The Balaban J connectivity index is 2.30. The third-order valence-electron chi connectivity index (χ3n) is 2.93. The summed E-state index contributed by atoms with van der Waals surface area (Å²) in [5.74, 6) is 6.05. The van der Waals surface area contributed by atoms with E-state index in [1.807, 2.05) is 30.3 Å². The van der Waals surface area contributed by atoms with Crippen molar-refractivity contribution in [2.24, 2.45) is 5.84 Å². The number of aliphatic hydroxyl groups excluding tert-OH is 1. The second-order valence-corrected chi connectivity index (χ2v) is 4.30. The van der Waals surface area contributed by atoms with E-state index in [4.69, 9.17) is 5.84 Å². The first kappa shape index (κ1) is 14.0. The Labute approximate surface area is 116 Å². The Bertz CT molecular complexity index is 589. The minimum atomic E-state index is -1.64. The number of benzene rings is 2. The van der Waals surface area contributed by atoms with Gasteiger partial charge in [-0.25, -0.2) is 5.84 Å². The van der Waals surface area contributed by atoms with Crippen LogP contribution in [0.25, 0.3) is 0 Å². The topological polar surface area (TPSA) is 92.6 Å². The molecule has 0 aliphatic rings. The van der Waals surface area contributed by atoms with Crippen molar-refractivity contribution in [2.75, 3.05) is 5.01 Å². The highest BCUT2D eigenvalue weighted by atomic mass is 16.7. The number of anilines is 2. The Morgan fingerprint density at radius 3 is 2.40 bits per heavy atom. The number of hydrogen-bond acceptors (Lipinski definition) is 5. The number of nitrogens with zero attached hydrogens (tertiary/aromatic N) is 2. The van der Waals surface area contributed by atoms with Gasteiger partial charge < -0.3 is 5.11 Å². The lowest BCUT2D eigenvalue weighted by atomic mass is 10.1. The van der Waals surface area contributed by atoms with Crippen molar-refractivity contribution in [1.29, 1.82) is 0 Å². The van der Waals surface area contributed by atoms with Gasteiger partial charge in [-0.2, -0.15) is 0 Å². The molecule has 0 aliphatic heterocycles. The van der Waals surface area contributed by atoms with E-state index in [9.17, 15) is 15.2 Å². The lowest BCUT2D eigenvalue weighted by Gasteiger charge is -2.21. The number of hydrazine groups is 1. The van der Waals surface area contributed by atoms with Crippen LogP contribution in [-0.2, 0) is 6.42 Å². The van der Waals surface area contributed by atoms with Gasteiger partial charge in [-0.05, 0) is 23.8 Å². The molecular formula is C14H15N3O3. The van der Waals surface area contributed by atoms with Crippen LogP contribution in [0.3, 0.4) is 0 Å². The van der Waals surface area contributed by atoms with Gasteiger partial charge in [0.2, 0.25) is 0 Å². The molecule has 0 fully saturated rings. The van der Waals surface area contributed by atoms with Crippen LogP contribution in [0.4, 0.5) is 11.4 Å². The molecule has 1 unspecified atom stereocenters. The molecule has 0 aliphatic carbocycles. The molecule has 0 heterocycles. The maximum absolute atomic E-state index is 10.6. The molecule has 0 saturated heterocycles. The van der Waals surface area contributed by atoms with E-state index < -0.39 is 11.2 Å². The third-order valence-corrected chi connectivity index (χ3v) is 2.93. The van der Waals surface area contributed by atoms with Crippen LogP contribution in [-0.4, -0.2) is 16.3 Å². The van der Waals surface area contributed by atoms with Gasteiger partial charge in [0.15, 0.2) is 0 Å². The summed E-state index contributed by atoms with van der Waals surface area (Å²) in [6.07, 6.45) is -1.73. The molecule has 0 saturated carbocycles. The normalized spacial score (nSPS) is 11.9. The number of aliphatic hydroxyl groups is 1. The SMILES string of the molecule is NN(c1ccccc1)c1ccccc1CC(O)[N+](=O)[O-]. The number of nitrogens with two attached hydrogens (primary N) is 1. The molecule has 104 valence electrons. The van der Waals surface area contributed by atoms with E-state index in [1.165, 1.54) is 5.01 Å². The average molecular weight is 273 g/mol. The first-order valence-corrected chi connectivity index (χ1v) is 6.09. The van der Waals surface area contributed by atoms with Gasteiger partial charge in [0, 0.05) is 0 Å². The molecule has 6 nitrogen and oxygen atoms in total. The monoisotopic (exact) mass is 273 g/mol. The average Bonchev–Trinajstić information content (AvgIpc) is 2.48. The predicted octanol–water partition coefficient (Wildman–Crippen LogP) is 1.84. The highest BCUT2D eigenvalue weighted by molar-refractivity contribution is 5.64. The maximum Gasteiger partial charge on any atom is 0.317 e. The maximum atomic E-state index is 10.6. The van der Waals surface area contributed by atoms with Crippen LogP contribution in [0, 0.1) is 10.1 Å². The van der Waals surface area contributed by atoms with Crippen molar-refractivity contribution in [1.82, 2.24) is 0 Å². The van der Waals surface area contributed by atoms with E-state index >= 15 is 0 Å². The van der Waals surface area contributed by atoms with Crippen LogP contribution in [0.2, 0.25) is 0 Å². The summed E-state index contributed by atoms with van der Waals surface area (Å²) in [7, 11) is 0. The first-order chi connectivity index (χ1) is 9.59. The van der Waals surface area contributed by atoms with E-state index in [0.29, 0.717) is 11.3 Å². The fourth-order valence-electron chi connectivity index (χ4n) is 1.92. The van der Waals surface area contributed by atoms with E-state index in [0.717, 1.165) is 5.69 Å². The summed E-state index contributed by atoms with van der Waals surface area (Å²) in [5, 5.41) is 21.4. The van der Waals surface area contributed by atoms with E-state index in [1.54, 1.807) is 24.3 Å². The van der Waals surface area contributed by atoms with Crippen molar-refractivity contribution in [3.8, 4) is 0 Å². The minimum Gasteiger partial charge on any atom is -0.333 e. The van der Waals surface area contributed by atoms with Crippen molar-refractivity contribution >= 4 is 11.4 Å². The zero-order valence-electron chi connectivity index (χ0n) is 10.7. The summed E-state index contributed by atoms with van der Waals surface area (Å²) >= 11 is 0. The lowest BCUT2D eigenvalue weighted by Crippen LogP contribution is -2.28. The first-order valence-electron chi connectivity index (χ1n) is 6.09. The molecule has 6 heteroatoms. The molecule has 0 radical (unpaired) electrons. The van der Waals surface area contributed by atoms with Gasteiger partial charge in [0.1, 0.15) is 0 Å². The fourth-order valence-corrected chi connectivity index (χ4v) is 1.92. The summed E-state index contributed by atoms with van der Waals surface area (Å²) < 4.78 is 0. The van der Waals surface area contributed by atoms with Crippen LogP contribution < -0.4 is 10.9 Å². The Hall–Kier alpha value is -2.44. The van der Waals surface area contributed by atoms with Crippen molar-refractivity contribution in [2.45, 2.75) is 12.6 Å². The summed E-state index contributed by atoms with van der Waals surface area (Å²) in [4.78, 5) is 9.84. The lowest BCUT2D eigenvalue weighted by molar-refractivity contribution is -0.569. The summed E-state index contributed by atoms with van der Waals surface area (Å²) in [6, 6.07) is 16.3. The van der Waals surface area contributed by atoms with Crippen LogP contribution in [0.1, 0.15) is 5.56 Å². The molecule has 20 heavy (non-hydrogen) atoms. The summed E-state index contributed by atoms with van der Waals surface area (Å²) in [5.41, 5.74) is 2.00. The molecule has 0 amide bonds. The van der Waals surface area contributed by atoms with E-state index in [-0.39, 0.29) is 6.42 Å². The molecule has 3 N–H and O–H groups in total. The minimum absolute atomic E-state index is 0.0935. The highest BCUT2D eigenvalue weighted by Crippen LogP contribution is 2.26. The van der Waals surface area contributed by atoms with Gasteiger partial charge in [-0.1, -0.05) is 36.4 Å². The van der Waals surface area contributed by atoms with E-state index in [2.05, 4.69) is 0 Å². The zero-order chi connectivity index (χ0) is 14.5. The molecule has 0 aromatic heterocycles. The quantitative estimate of drug-likeness (QED) is 0.375. The number of para-hydroxylation sites is 2. The second kappa shape index (κ2) is 6.14. The molecule has 2 rings (SSSR count). The number of nitro groups is 1. The molecule has 2 aromatic carbocycles. The number of rotatable bonds is 5. The smallest absolute Gasteiger partial charge is 0.317 e. The molecular weight excluding hydrogens is 258 g/mol. The molecule has 2 aromatic rings. The predicted molar refractivity (Wildman–Crippen MR) is 75.9 cm³/mol. The van der Waals surface area contributed by atoms with Gasteiger partial charge in [0.25, 0.3) is 0 Å². The Morgan fingerprint density at radius 1 is 1.15 bits per heavy atom. The van der Waals surface area contributed by atoms with Gasteiger partial charge in [0.05, 0.1) is 22.7 Å². The highest BCUT2D eigenvalue weighted by Gasteiger charge is 2.19. The second-order valence-electron chi connectivity index (χ2n) is 4.30. The zero-order valence-corrected chi connectivity index (χ0v) is 10.7. The standard InChI is InChI=1S/C14H15N3O3/c15-16(12-7-2-1-3-8-12)13-9-5-4-6-11(13)10-14(18)17(19)20/h1-9,14,18H,10,15H2. The summed E-state index contributed by atoms with van der Waals surface area (Å²) in [6.45, 7) is 0. The molecule has 0 spiro atoms. The van der Waals surface area contributed by atoms with Crippen LogP contribution in [0.15, 0.2) is 54.6 Å². The van der Waals surface area contributed by atoms with Crippen LogP contribution in [0.5, 0.6) is 0 Å². The van der Waals surface area contributed by atoms with Gasteiger partial charge in [-0.3, -0.25) is 15.1 Å². The number of hydrogen-bond donors (Lipinski definition) is 2. The van der Waals surface area contributed by atoms with Gasteiger partial charge in [-0.15, -0.1) is 0 Å². The Morgan fingerprint density at radius 2 is 1.75 bits per heavy atom. The van der Waals surface area contributed by atoms with Crippen LogP contribution >= 0.6 is 0 Å². The fraction of sp³-hybridized carbons (Fsp3) is 0.143. The third kappa shape index (κ3) is 3.11. The van der Waals surface area contributed by atoms with Gasteiger partial charge >= 0.3 is 6.23 Å². The van der Waals surface area contributed by atoms with Crippen molar-refractivity contribution in [3.63, 3.8) is 0 Å². The van der Waals surface area contributed by atoms with Crippen molar-refractivity contribution in [3.05, 3.63) is 70.3 Å². The Kier molecular flexibility index (Phi) is 4.29. The molecule has 0 bridgehead atoms.